The Hall–Kier alpha value is -0.0800. The fourth-order valence-corrected chi connectivity index (χ4v) is 0.112. The van der Waals surface area contributed by atoms with E-state index in [0.29, 0.717) is 6.42 Å². The van der Waals surface area contributed by atoms with E-state index >= 15 is 0 Å². The molecule has 0 aliphatic heterocycles. The van der Waals surface area contributed by atoms with Crippen LogP contribution >= 0.6 is 0 Å². The third-order valence-electron chi connectivity index (χ3n) is 1.13. The number of hydrogen-bond acceptors (Lipinski definition) is 1. The molecule has 43 valence electrons. The highest BCUT2D eigenvalue weighted by atomic mass is 16.3. The van der Waals surface area contributed by atoms with Gasteiger partial charge in [0.1, 0.15) is 0 Å². The molecule has 1 unspecified atom stereocenters. The van der Waals surface area contributed by atoms with E-state index in [2.05, 4.69) is 0 Å². The molecule has 0 aliphatic carbocycles. The van der Waals surface area contributed by atoms with E-state index in [-0.39, 0.29) is 6.61 Å². The van der Waals surface area contributed by atoms with Gasteiger partial charge in [-0.15, -0.1) is 0 Å². The van der Waals surface area contributed by atoms with Crippen molar-refractivity contribution in [2.45, 2.75) is 25.8 Å². The molecule has 0 bridgehead atoms. The van der Waals surface area contributed by atoms with Crippen LogP contribution in [-0.2, 0) is 0 Å². The summed E-state index contributed by atoms with van der Waals surface area (Å²) in [6, 6.07) is 0. The highest BCUT2D eigenvalue weighted by molar-refractivity contribution is 4.72. The summed E-state index contributed by atoms with van der Waals surface area (Å²) >= 11 is 0. The van der Waals surface area contributed by atoms with E-state index in [1.807, 2.05) is 6.92 Å². The maximum Gasteiger partial charge on any atom is 0.0623 e. The average Bonchev–Trinajstić information content (AvgIpc) is 1.68. The summed E-state index contributed by atoms with van der Waals surface area (Å²) < 4.78 is 0. The maximum absolute atomic E-state index is 8.41. The molecule has 0 amide bonds. The predicted octanol–water partition coefficient (Wildman–Crippen LogP) is 0.430. The highest BCUT2D eigenvalue weighted by Gasteiger charge is 2.13. The van der Waals surface area contributed by atoms with Crippen LogP contribution in [0, 0.1) is 0 Å². The van der Waals surface area contributed by atoms with Crippen molar-refractivity contribution in [1.29, 1.82) is 0 Å². The molecular weight excluding hydrogens is 90.1 g/mol. The van der Waals surface area contributed by atoms with Crippen LogP contribution in [-0.4, -0.2) is 17.3 Å². The van der Waals surface area contributed by atoms with Crippen molar-refractivity contribution in [1.82, 2.24) is 5.73 Å². The van der Waals surface area contributed by atoms with Gasteiger partial charge in [-0.3, -0.25) is 0 Å². The zero-order valence-electron chi connectivity index (χ0n) is 4.86. The first-order valence-electron chi connectivity index (χ1n) is 2.48. The van der Waals surface area contributed by atoms with Crippen molar-refractivity contribution in [3.8, 4) is 0 Å². The second kappa shape index (κ2) is 2.28. The van der Waals surface area contributed by atoms with Gasteiger partial charge in [0.15, 0.2) is 0 Å². The van der Waals surface area contributed by atoms with Crippen LogP contribution in [0.2, 0.25) is 0 Å². The lowest BCUT2D eigenvalue weighted by atomic mass is 10.0. The van der Waals surface area contributed by atoms with Crippen molar-refractivity contribution < 1.29 is 5.11 Å². The van der Waals surface area contributed by atoms with Crippen LogP contribution in [0.25, 0.3) is 0 Å². The third-order valence-corrected chi connectivity index (χ3v) is 1.13. The Bertz CT molecular complexity index is 46.0. The Labute approximate surface area is 44.3 Å². The van der Waals surface area contributed by atoms with Crippen LogP contribution in [0.1, 0.15) is 20.3 Å². The second-order valence-corrected chi connectivity index (χ2v) is 2.07. The van der Waals surface area contributed by atoms with Gasteiger partial charge in [0.2, 0.25) is 0 Å². The van der Waals surface area contributed by atoms with E-state index < -0.39 is 5.54 Å². The molecule has 0 spiro atoms. The summed E-state index contributed by atoms with van der Waals surface area (Å²) in [5, 5.41) is 8.41. The maximum atomic E-state index is 8.41. The molecule has 0 aromatic carbocycles. The van der Waals surface area contributed by atoms with Gasteiger partial charge in [-0.1, -0.05) is 6.92 Å². The first-order chi connectivity index (χ1) is 3.12. The van der Waals surface area contributed by atoms with Crippen molar-refractivity contribution in [3.05, 3.63) is 0 Å². The topological polar surface area (TPSA) is 44.0 Å². The molecule has 0 saturated heterocycles. The van der Waals surface area contributed by atoms with Gasteiger partial charge in [0, 0.05) is 0 Å². The standard InChI is InChI=1S/C5H12NO/c1-3-5(2,6)4-7/h6-7H,3-4H2,1-2H3. The summed E-state index contributed by atoms with van der Waals surface area (Å²) in [6.07, 6.45) is 0.712. The molecule has 0 heterocycles. The van der Waals surface area contributed by atoms with E-state index in [1.165, 1.54) is 0 Å². The van der Waals surface area contributed by atoms with Crippen LogP contribution in [0.4, 0.5) is 0 Å². The zero-order valence-corrected chi connectivity index (χ0v) is 4.86. The monoisotopic (exact) mass is 102 g/mol. The molecule has 0 aromatic rings. The lowest BCUT2D eigenvalue weighted by Gasteiger charge is -2.16. The van der Waals surface area contributed by atoms with Crippen LogP contribution in [0.15, 0.2) is 0 Å². The number of hydrogen-bond donors (Lipinski definition) is 1. The minimum absolute atomic E-state index is 0.0382. The van der Waals surface area contributed by atoms with Gasteiger partial charge in [0.25, 0.3) is 0 Å². The molecule has 2 nitrogen and oxygen atoms in total. The average molecular weight is 102 g/mol. The molecular formula is C5H12NO. The molecule has 1 radical (unpaired) electrons. The summed E-state index contributed by atoms with van der Waals surface area (Å²) in [4.78, 5) is 0. The van der Waals surface area contributed by atoms with Crippen LogP contribution < -0.4 is 5.73 Å². The smallest absolute Gasteiger partial charge is 0.0623 e. The lowest BCUT2D eigenvalue weighted by Crippen LogP contribution is -2.29. The first-order valence-corrected chi connectivity index (χ1v) is 2.48. The van der Waals surface area contributed by atoms with E-state index in [1.54, 1.807) is 6.92 Å². The van der Waals surface area contributed by atoms with E-state index in [0.717, 1.165) is 0 Å². The molecule has 2 N–H and O–H groups in total. The Morgan fingerprint density at radius 3 is 2.14 bits per heavy atom. The van der Waals surface area contributed by atoms with Crippen molar-refractivity contribution in [2.24, 2.45) is 0 Å². The molecule has 0 saturated carbocycles. The highest BCUT2D eigenvalue weighted by Crippen LogP contribution is 2.03. The number of rotatable bonds is 2. The minimum Gasteiger partial charge on any atom is -0.394 e. The SMILES string of the molecule is CCC(C)([NH])CO. The molecule has 0 fully saturated rings. The minimum atomic E-state index is -0.611. The Morgan fingerprint density at radius 2 is 2.14 bits per heavy atom. The van der Waals surface area contributed by atoms with Gasteiger partial charge in [-0.05, 0) is 13.3 Å². The third kappa shape index (κ3) is 2.60. The summed E-state index contributed by atoms with van der Waals surface area (Å²) in [7, 11) is 0. The van der Waals surface area contributed by atoms with Crippen LogP contribution in [0.3, 0.4) is 0 Å². The normalized spacial score (nSPS) is 18.9. The van der Waals surface area contributed by atoms with E-state index in [4.69, 9.17) is 10.8 Å². The molecule has 0 rings (SSSR count). The number of nitrogens with one attached hydrogen (secondary N) is 1. The molecule has 0 aromatic heterocycles. The van der Waals surface area contributed by atoms with Crippen molar-refractivity contribution >= 4 is 0 Å². The fourth-order valence-electron chi connectivity index (χ4n) is 0.112. The summed E-state index contributed by atoms with van der Waals surface area (Å²) in [6.45, 7) is 3.57. The number of aliphatic hydroxyl groups excluding tert-OH is 1. The second-order valence-electron chi connectivity index (χ2n) is 2.07. The largest absolute Gasteiger partial charge is 0.394 e. The Morgan fingerprint density at radius 1 is 1.71 bits per heavy atom. The van der Waals surface area contributed by atoms with Crippen LogP contribution in [0.5, 0.6) is 0 Å². The summed E-state index contributed by atoms with van der Waals surface area (Å²) in [5.74, 6) is 0. The van der Waals surface area contributed by atoms with Gasteiger partial charge in [-0.25, -0.2) is 5.73 Å². The quantitative estimate of drug-likeness (QED) is 0.540. The summed E-state index contributed by atoms with van der Waals surface area (Å²) in [5.41, 5.74) is 6.56. The molecule has 1 atom stereocenters. The van der Waals surface area contributed by atoms with E-state index in [9.17, 15) is 0 Å². The van der Waals surface area contributed by atoms with Gasteiger partial charge >= 0.3 is 0 Å². The Balaban J connectivity index is 3.36. The Kier molecular flexibility index (Phi) is 2.26. The lowest BCUT2D eigenvalue weighted by molar-refractivity contribution is 0.199. The van der Waals surface area contributed by atoms with Gasteiger partial charge in [-0.2, -0.15) is 0 Å². The van der Waals surface area contributed by atoms with Crippen molar-refractivity contribution in [3.63, 3.8) is 0 Å². The number of aliphatic hydroxyl groups is 1. The van der Waals surface area contributed by atoms with Gasteiger partial charge < -0.3 is 5.11 Å². The first kappa shape index (κ1) is 6.92. The van der Waals surface area contributed by atoms with Crippen molar-refractivity contribution in [2.75, 3.05) is 6.61 Å². The fraction of sp³-hybridized carbons (Fsp3) is 1.00. The van der Waals surface area contributed by atoms with Gasteiger partial charge in [0.05, 0.1) is 12.1 Å². The molecule has 7 heavy (non-hydrogen) atoms. The zero-order chi connectivity index (χ0) is 5.91. The molecule has 2 heteroatoms. The predicted molar refractivity (Wildman–Crippen MR) is 28.9 cm³/mol. The molecule has 0 aliphatic rings.